The lowest BCUT2D eigenvalue weighted by molar-refractivity contribution is -0.401. The molecule has 0 bridgehead atoms. The Morgan fingerprint density at radius 1 is 0.861 bits per heavy atom. The van der Waals surface area contributed by atoms with Crippen LogP contribution in [0.25, 0.3) is 10.8 Å². The Hall–Kier alpha value is -6.56. The zero-order chi connectivity index (χ0) is 52.2. The molecule has 0 radical (unpaired) electrons. The zero-order valence-electron chi connectivity index (χ0n) is 42.1. The number of allylic oxidation sites excluding steroid dienone is 9. The average Bonchev–Trinajstić information content (AvgIpc) is 3.87. The number of carboxylic acid groups (broad SMARTS) is 1. The van der Waals surface area contributed by atoms with Gasteiger partial charge < -0.3 is 14.9 Å². The number of benzene rings is 4. The third-order valence-electron chi connectivity index (χ3n) is 14.5. The van der Waals surface area contributed by atoms with Crippen LogP contribution < -0.4 is 9.80 Å². The van der Waals surface area contributed by atoms with Crippen LogP contribution in [0.5, 0.6) is 0 Å². The summed E-state index contributed by atoms with van der Waals surface area (Å²) in [5.74, 6) is -1.14. The van der Waals surface area contributed by atoms with Gasteiger partial charge in [-0.2, -0.15) is 23.0 Å². The second-order valence-electron chi connectivity index (χ2n) is 20.9. The molecule has 0 spiro atoms. The van der Waals surface area contributed by atoms with Gasteiger partial charge in [0, 0.05) is 70.8 Å². The van der Waals surface area contributed by atoms with Gasteiger partial charge >= 0.3 is 12.1 Å². The van der Waals surface area contributed by atoms with Crippen LogP contribution in [0.1, 0.15) is 96.0 Å². The first kappa shape index (κ1) is 51.8. The highest BCUT2D eigenvalue weighted by Gasteiger charge is 2.45. The molecule has 4 aromatic carbocycles. The number of halogens is 3. The SMILES string of the molecule is CC(C)CCN1/C(=C\C=C2\SC(=S)N(CC(=O)Cc3ccc4c(c3)C(C)(C)C(/C=C/C(C#N)=C/C=C3/N(CCC(=O)O)c5ccc6ccccc6c5C3(C)C)=[N+]4C)C2=O)C(C)(C)c2cc(C(F)(F)F)ccc21. The number of carbonyl (C=O) groups is 3. The molecule has 1 amide bonds. The number of nitrogens with zero attached hydrogens (tertiary/aromatic N) is 5. The third-order valence-corrected chi connectivity index (χ3v) is 15.9. The Bertz CT molecular complexity index is 3200. The molecule has 4 aliphatic heterocycles. The zero-order valence-corrected chi connectivity index (χ0v) is 43.7. The maximum Gasteiger partial charge on any atom is 0.416 e. The number of Topliss-reactive ketones (excluding diaryl/α,β-unsaturated/α-hetero) is 1. The van der Waals surface area contributed by atoms with Crippen molar-refractivity contribution in [3.63, 3.8) is 0 Å². The number of nitriles is 1. The van der Waals surface area contributed by atoms with E-state index in [1.165, 1.54) is 17.0 Å². The number of hydrogen-bond acceptors (Lipinski definition) is 8. The van der Waals surface area contributed by atoms with Gasteiger partial charge in [-0.15, -0.1) is 0 Å². The van der Waals surface area contributed by atoms with Gasteiger partial charge in [-0.1, -0.05) is 102 Å². The maximum atomic E-state index is 13.8. The number of amides is 1. The number of thiocarbonyl (C=S) groups is 1. The normalized spacial score (nSPS) is 19.8. The number of alkyl halides is 3. The summed E-state index contributed by atoms with van der Waals surface area (Å²) in [7, 11) is 1.97. The lowest BCUT2D eigenvalue weighted by atomic mass is 9.80. The summed E-state index contributed by atoms with van der Waals surface area (Å²) in [4.78, 5) is 45.1. The lowest BCUT2D eigenvalue weighted by Crippen LogP contribution is -2.34. The van der Waals surface area contributed by atoms with Crippen molar-refractivity contribution in [3.8, 4) is 6.07 Å². The molecule has 4 heterocycles. The topological polar surface area (TPSA) is 108 Å². The largest absolute Gasteiger partial charge is 0.481 e. The molecule has 0 aliphatic carbocycles. The Kier molecular flexibility index (Phi) is 14.0. The molecule has 14 heteroatoms. The molecule has 1 N–H and O–H groups in total. The van der Waals surface area contributed by atoms with E-state index in [4.69, 9.17) is 12.2 Å². The molecule has 0 unspecified atom stereocenters. The molecule has 9 nitrogen and oxygen atoms in total. The van der Waals surface area contributed by atoms with Gasteiger partial charge in [0.15, 0.2) is 11.5 Å². The van der Waals surface area contributed by atoms with E-state index in [9.17, 15) is 37.9 Å². The van der Waals surface area contributed by atoms with Crippen LogP contribution in [-0.4, -0.2) is 69.0 Å². The third kappa shape index (κ3) is 9.61. The van der Waals surface area contributed by atoms with Crippen molar-refractivity contribution in [1.82, 2.24) is 4.90 Å². The Balaban J connectivity index is 0.971. The van der Waals surface area contributed by atoms with E-state index in [0.717, 1.165) is 80.2 Å². The molecular formula is C58H59F3N5O4S2+. The summed E-state index contributed by atoms with van der Waals surface area (Å²) < 4.78 is 43.8. The minimum atomic E-state index is -4.49. The number of hydrogen-bond donors (Lipinski definition) is 1. The van der Waals surface area contributed by atoms with Crippen molar-refractivity contribution in [2.75, 3.05) is 36.5 Å². The molecular weight excluding hydrogens is 952 g/mol. The first-order valence-corrected chi connectivity index (χ1v) is 25.3. The monoisotopic (exact) mass is 1010 g/mol. The molecule has 0 atom stereocenters. The summed E-state index contributed by atoms with van der Waals surface area (Å²) in [6.07, 6.45) is 7.26. The predicted octanol–water partition coefficient (Wildman–Crippen LogP) is 12.6. The molecule has 8 rings (SSSR count). The number of rotatable bonds is 14. The van der Waals surface area contributed by atoms with Crippen molar-refractivity contribution in [1.29, 1.82) is 5.26 Å². The first-order valence-electron chi connectivity index (χ1n) is 24.1. The highest BCUT2D eigenvalue weighted by Crippen LogP contribution is 2.52. The average molecular weight is 1010 g/mol. The molecule has 1 fully saturated rings. The summed E-state index contributed by atoms with van der Waals surface area (Å²) >= 11 is 6.72. The Morgan fingerprint density at radius 2 is 1.56 bits per heavy atom. The van der Waals surface area contributed by atoms with Crippen LogP contribution in [0.3, 0.4) is 0 Å². The summed E-state index contributed by atoms with van der Waals surface area (Å²) in [5.41, 5.74) is 6.62. The van der Waals surface area contributed by atoms with E-state index in [0.29, 0.717) is 34.2 Å². The molecule has 1 saturated heterocycles. The number of anilines is 2. The molecule has 72 heavy (non-hydrogen) atoms. The van der Waals surface area contributed by atoms with Crippen molar-refractivity contribution < 1.29 is 37.2 Å². The highest BCUT2D eigenvalue weighted by molar-refractivity contribution is 8.26. The number of aliphatic carboxylic acids is 1. The van der Waals surface area contributed by atoms with Crippen LogP contribution in [0, 0.1) is 17.2 Å². The van der Waals surface area contributed by atoms with Crippen LogP contribution in [0.15, 0.2) is 131 Å². The van der Waals surface area contributed by atoms with Gasteiger partial charge in [0.25, 0.3) is 5.91 Å². The van der Waals surface area contributed by atoms with Crippen molar-refractivity contribution in [3.05, 3.63) is 159 Å². The minimum absolute atomic E-state index is 0.0497. The fraction of sp³-hybridized carbons (Fsp3) is 0.345. The first-order chi connectivity index (χ1) is 33.9. The molecule has 4 aliphatic rings. The second kappa shape index (κ2) is 19.5. The van der Waals surface area contributed by atoms with Crippen LogP contribution in [-0.2, 0) is 43.2 Å². The van der Waals surface area contributed by atoms with Crippen LogP contribution in [0.2, 0.25) is 0 Å². The number of fused-ring (bicyclic) bond motifs is 5. The fourth-order valence-electron chi connectivity index (χ4n) is 10.7. The predicted molar refractivity (Wildman–Crippen MR) is 286 cm³/mol. The fourth-order valence-corrected chi connectivity index (χ4v) is 11.9. The maximum absolute atomic E-state index is 13.8. The molecule has 372 valence electrons. The van der Waals surface area contributed by atoms with E-state index < -0.39 is 39.9 Å². The smallest absolute Gasteiger partial charge is 0.416 e. The van der Waals surface area contributed by atoms with Gasteiger partial charge in [0.2, 0.25) is 5.69 Å². The van der Waals surface area contributed by atoms with Crippen LogP contribution in [0.4, 0.5) is 30.2 Å². The minimum Gasteiger partial charge on any atom is -0.481 e. The lowest BCUT2D eigenvalue weighted by Gasteiger charge is -2.27. The van der Waals surface area contributed by atoms with E-state index >= 15 is 0 Å². The van der Waals surface area contributed by atoms with Gasteiger partial charge in [-0.3, -0.25) is 19.3 Å². The van der Waals surface area contributed by atoms with Crippen LogP contribution >= 0.6 is 24.0 Å². The van der Waals surface area contributed by atoms with E-state index in [-0.39, 0.29) is 36.0 Å². The van der Waals surface area contributed by atoms with E-state index in [1.807, 2.05) is 74.3 Å². The summed E-state index contributed by atoms with van der Waals surface area (Å²) in [5, 5.41) is 22.2. The molecule has 4 aromatic rings. The van der Waals surface area contributed by atoms with Gasteiger partial charge in [-0.25, -0.2) is 0 Å². The molecule has 0 aromatic heterocycles. The number of ketones is 1. The highest BCUT2D eigenvalue weighted by atomic mass is 32.2. The van der Waals surface area contributed by atoms with Crippen molar-refractivity contribution in [2.24, 2.45) is 5.92 Å². The summed E-state index contributed by atoms with van der Waals surface area (Å²) in [6, 6.07) is 24.4. The summed E-state index contributed by atoms with van der Waals surface area (Å²) in [6.45, 7) is 17.1. The number of thioether (sulfide) groups is 1. The quantitative estimate of drug-likeness (QED) is 0.0434. The number of carboxylic acids is 1. The second-order valence-corrected chi connectivity index (χ2v) is 22.6. The standard InChI is InChI=1S/C58H58F3N5O4S2/c1-35(2)26-28-64-45-21-18-39(58(59,60)61)32-43(45)56(5,6)49(64)25-22-47-53(70)66(54(71)72-47)34-40(67)30-37-14-19-44-42(31-37)55(3,4)48(63(44)9)23-15-36(33-62)16-24-50-57(7,8)52-41-13-11-10-12-38(41)17-20-46(52)65(50)29-27-51(68)69/h10-25,31-32,35H,26-30,34H2,1-9H3/p+1/b47-22+,49-25-. The Labute approximate surface area is 429 Å². The number of carbonyl (C=O) groups excluding carboxylic acids is 2. The Morgan fingerprint density at radius 3 is 2.25 bits per heavy atom. The van der Waals surface area contributed by atoms with Crippen molar-refractivity contribution >= 4 is 79.5 Å². The van der Waals surface area contributed by atoms with Gasteiger partial charge in [0.1, 0.15) is 11.4 Å². The molecule has 0 saturated carbocycles. The van der Waals surface area contributed by atoms with E-state index in [2.05, 4.69) is 75.3 Å². The van der Waals surface area contributed by atoms with E-state index in [1.54, 1.807) is 24.3 Å². The van der Waals surface area contributed by atoms with Crippen molar-refractivity contribution in [2.45, 2.75) is 97.1 Å². The van der Waals surface area contributed by atoms with Gasteiger partial charge in [-0.05, 0) is 114 Å². The van der Waals surface area contributed by atoms with Gasteiger partial charge in [0.05, 0.1) is 40.5 Å².